The Balaban J connectivity index is 1.47. The van der Waals surface area contributed by atoms with Crippen LogP contribution in [0.3, 0.4) is 0 Å². The Labute approximate surface area is 139 Å². The lowest BCUT2D eigenvalue weighted by Crippen LogP contribution is -2.28. The third-order valence-corrected chi connectivity index (χ3v) is 3.88. The second kappa shape index (κ2) is 7.48. The topological polar surface area (TPSA) is 68.2 Å². The summed E-state index contributed by atoms with van der Waals surface area (Å²) in [6, 6.07) is 7.11. The average molecular weight is 335 g/mol. The van der Waals surface area contributed by atoms with Crippen LogP contribution in [0.25, 0.3) is 0 Å². The van der Waals surface area contributed by atoms with Gasteiger partial charge >= 0.3 is 6.03 Å². The first kappa shape index (κ1) is 15.8. The minimum Gasteiger partial charge on any atom is -0.376 e. The van der Waals surface area contributed by atoms with Crippen molar-refractivity contribution in [1.29, 1.82) is 0 Å². The van der Waals surface area contributed by atoms with Crippen LogP contribution >= 0.6 is 11.6 Å². The van der Waals surface area contributed by atoms with Gasteiger partial charge in [-0.1, -0.05) is 23.7 Å². The summed E-state index contributed by atoms with van der Waals surface area (Å²) in [4.78, 5) is 11.9. The van der Waals surface area contributed by atoms with Gasteiger partial charge in [-0.05, 0) is 30.5 Å². The summed E-state index contributed by atoms with van der Waals surface area (Å²) >= 11 is 5.91. The van der Waals surface area contributed by atoms with Crippen molar-refractivity contribution in [2.45, 2.75) is 32.0 Å². The summed E-state index contributed by atoms with van der Waals surface area (Å²) in [6.45, 7) is 1.95. The van der Waals surface area contributed by atoms with Crippen LogP contribution < -0.4 is 10.6 Å². The highest BCUT2D eigenvalue weighted by atomic mass is 35.5. The highest BCUT2D eigenvalue weighted by Crippen LogP contribution is 2.15. The van der Waals surface area contributed by atoms with E-state index in [2.05, 4.69) is 15.7 Å². The molecule has 1 aromatic carbocycles. The first-order valence-corrected chi connectivity index (χ1v) is 8.00. The van der Waals surface area contributed by atoms with Crippen LogP contribution in [0.15, 0.2) is 36.7 Å². The van der Waals surface area contributed by atoms with Gasteiger partial charge in [0.15, 0.2) is 0 Å². The van der Waals surface area contributed by atoms with Crippen molar-refractivity contribution < 1.29 is 9.53 Å². The predicted octanol–water partition coefficient (Wildman–Crippen LogP) is 3.04. The Morgan fingerprint density at radius 2 is 2.39 bits per heavy atom. The van der Waals surface area contributed by atoms with E-state index in [1.54, 1.807) is 23.1 Å². The van der Waals surface area contributed by atoms with Crippen LogP contribution in [0.1, 0.15) is 18.4 Å². The lowest BCUT2D eigenvalue weighted by Gasteiger charge is -2.08. The molecule has 0 radical (unpaired) electrons. The molecule has 2 heterocycles. The molecule has 2 amide bonds. The van der Waals surface area contributed by atoms with E-state index >= 15 is 0 Å². The van der Waals surface area contributed by atoms with Gasteiger partial charge in [0.05, 0.1) is 24.5 Å². The quantitative estimate of drug-likeness (QED) is 0.883. The number of nitrogens with zero attached hydrogens (tertiary/aromatic N) is 2. The van der Waals surface area contributed by atoms with Gasteiger partial charge in [0.1, 0.15) is 0 Å². The molecule has 0 saturated carbocycles. The Morgan fingerprint density at radius 3 is 3.17 bits per heavy atom. The molecule has 6 nitrogen and oxygen atoms in total. The monoisotopic (exact) mass is 334 g/mol. The van der Waals surface area contributed by atoms with Gasteiger partial charge in [-0.2, -0.15) is 5.10 Å². The van der Waals surface area contributed by atoms with Crippen molar-refractivity contribution >= 4 is 23.3 Å². The second-order valence-electron chi connectivity index (χ2n) is 5.52. The number of hydrogen-bond donors (Lipinski definition) is 2. The molecule has 0 spiro atoms. The fraction of sp³-hybridized carbons (Fsp3) is 0.375. The van der Waals surface area contributed by atoms with Gasteiger partial charge in [-0.3, -0.25) is 4.68 Å². The van der Waals surface area contributed by atoms with Gasteiger partial charge in [0, 0.05) is 24.4 Å². The minimum absolute atomic E-state index is 0.222. The molecular weight excluding hydrogens is 316 g/mol. The number of amides is 2. The predicted molar refractivity (Wildman–Crippen MR) is 88.5 cm³/mol. The third kappa shape index (κ3) is 4.71. The Kier molecular flexibility index (Phi) is 5.15. The number of rotatable bonds is 5. The number of halogens is 1. The van der Waals surface area contributed by atoms with E-state index in [9.17, 15) is 4.79 Å². The molecule has 1 aliphatic rings. The van der Waals surface area contributed by atoms with Crippen LogP contribution in [-0.4, -0.2) is 28.5 Å². The van der Waals surface area contributed by atoms with Crippen LogP contribution in [0.2, 0.25) is 5.02 Å². The standard InChI is InChI=1S/C16H19ClN4O2/c17-13-4-1-3-12(7-13)8-18-16(22)20-14-9-19-21(10-14)11-15-5-2-6-23-15/h1,3-4,7,9-10,15H,2,5-6,8,11H2,(H2,18,20,22). The summed E-state index contributed by atoms with van der Waals surface area (Å²) in [5.41, 5.74) is 1.60. The molecule has 2 aromatic rings. The lowest BCUT2D eigenvalue weighted by atomic mass is 10.2. The van der Waals surface area contributed by atoms with Crippen molar-refractivity contribution in [3.8, 4) is 0 Å². The van der Waals surface area contributed by atoms with Crippen LogP contribution in [0.5, 0.6) is 0 Å². The fourth-order valence-corrected chi connectivity index (χ4v) is 2.74. The first-order chi connectivity index (χ1) is 11.2. The summed E-state index contributed by atoms with van der Waals surface area (Å²) in [5, 5.41) is 10.4. The number of aromatic nitrogens is 2. The normalized spacial score (nSPS) is 17.2. The smallest absolute Gasteiger partial charge is 0.319 e. The molecule has 1 aromatic heterocycles. The number of hydrogen-bond acceptors (Lipinski definition) is 3. The zero-order valence-corrected chi connectivity index (χ0v) is 13.4. The Hall–Kier alpha value is -2.05. The lowest BCUT2D eigenvalue weighted by molar-refractivity contribution is 0.0940. The molecule has 0 aliphatic carbocycles. The van der Waals surface area contributed by atoms with Gasteiger partial charge < -0.3 is 15.4 Å². The highest BCUT2D eigenvalue weighted by molar-refractivity contribution is 6.30. The first-order valence-electron chi connectivity index (χ1n) is 7.62. The van der Waals surface area contributed by atoms with Crippen molar-refractivity contribution in [3.63, 3.8) is 0 Å². The molecule has 23 heavy (non-hydrogen) atoms. The van der Waals surface area contributed by atoms with Crippen molar-refractivity contribution in [1.82, 2.24) is 15.1 Å². The average Bonchev–Trinajstić information content (AvgIpc) is 3.18. The third-order valence-electron chi connectivity index (χ3n) is 3.65. The zero-order valence-electron chi connectivity index (χ0n) is 12.7. The van der Waals surface area contributed by atoms with Crippen LogP contribution in [0, 0.1) is 0 Å². The van der Waals surface area contributed by atoms with Crippen molar-refractivity contribution in [3.05, 3.63) is 47.2 Å². The molecule has 2 N–H and O–H groups in total. The van der Waals surface area contributed by atoms with Gasteiger partial charge in [-0.25, -0.2) is 4.79 Å². The number of anilines is 1. The molecule has 1 fully saturated rings. The van der Waals surface area contributed by atoms with E-state index in [0.29, 0.717) is 23.8 Å². The number of carbonyl (C=O) groups excluding carboxylic acids is 1. The SMILES string of the molecule is O=C(NCc1cccc(Cl)c1)Nc1cnn(CC2CCCO2)c1. The summed E-state index contributed by atoms with van der Waals surface area (Å²) in [6.07, 6.45) is 5.82. The molecule has 1 atom stereocenters. The molecule has 0 bridgehead atoms. The van der Waals surface area contributed by atoms with Crippen molar-refractivity contribution in [2.24, 2.45) is 0 Å². The molecule has 1 aliphatic heterocycles. The number of benzene rings is 1. The van der Waals surface area contributed by atoms with Crippen molar-refractivity contribution in [2.75, 3.05) is 11.9 Å². The number of nitrogens with one attached hydrogen (secondary N) is 2. The fourth-order valence-electron chi connectivity index (χ4n) is 2.53. The maximum atomic E-state index is 11.9. The van der Waals surface area contributed by atoms with E-state index in [1.165, 1.54) is 0 Å². The Morgan fingerprint density at radius 1 is 1.48 bits per heavy atom. The van der Waals surface area contributed by atoms with E-state index in [4.69, 9.17) is 16.3 Å². The van der Waals surface area contributed by atoms with Gasteiger partial charge in [0.25, 0.3) is 0 Å². The van der Waals surface area contributed by atoms with E-state index in [-0.39, 0.29) is 12.1 Å². The summed E-state index contributed by atoms with van der Waals surface area (Å²) in [5.74, 6) is 0. The molecule has 7 heteroatoms. The van der Waals surface area contributed by atoms with Gasteiger partial charge in [0.2, 0.25) is 0 Å². The number of ether oxygens (including phenoxy) is 1. The minimum atomic E-state index is -0.276. The maximum Gasteiger partial charge on any atom is 0.319 e. The van der Waals surface area contributed by atoms with Crippen LogP contribution in [0.4, 0.5) is 10.5 Å². The molecule has 1 saturated heterocycles. The van der Waals surface area contributed by atoms with Gasteiger partial charge in [-0.15, -0.1) is 0 Å². The molecule has 1 unspecified atom stereocenters. The maximum absolute atomic E-state index is 11.9. The summed E-state index contributed by atoms with van der Waals surface area (Å²) < 4.78 is 7.37. The number of carbonyl (C=O) groups is 1. The zero-order chi connectivity index (χ0) is 16.1. The molecule has 3 rings (SSSR count). The second-order valence-corrected chi connectivity index (χ2v) is 5.96. The van der Waals surface area contributed by atoms with Crippen LogP contribution in [-0.2, 0) is 17.8 Å². The number of urea groups is 1. The molecule has 122 valence electrons. The summed E-state index contributed by atoms with van der Waals surface area (Å²) in [7, 11) is 0. The van der Waals surface area contributed by atoms with E-state index in [1.807, 2.05) is 18.2 Å². The highest BCUT2D eigenvalue weighted by Gasteiger charge is 2.16. The molecular formula is C16H19ClN4O2. The van der Waals surface area contributed by atoms with E-state index < -0.39 is 0 Å². The largest absolute Gasteiger partial charge is 0.376 e. The Bertz CT molecular complexity index is 668. The van der Waals surface area contributed by atoms with E-state index in [0.717, 1.165) is 25.0 Å².